The highest BCUT2D eigenvalue weighted by Crippen LogP contribution is 2.27. The Morgan fingerprint density at radius 1 is 1.08 bits per heavy atom. The quantitative estimate of drug-likeness (QED) is 0.548. The third-order valence-electron chi connectivity index (χ3n) is 5.03. The van der Waals surface area contributed by atoms with Crippen molar-refractivity contribution in [2.75, 3.05) is 0 Å². The normalized spacial score (nSPS) is 14.4. The van der Waals surface area contributed by atoms with Gasteiger partial charge in [-0.25, -0.2) is 4.79 Å². The third kappa shape index (κ3) is 8.25. The molecule has 1 N–H and O–H groups in total. The summed E-state index contributed by atoms with van der Waals surface area (Å²) in [5.74, 6) is 1.39. The lowest BCUT2D eigenvalue weighted by molar-refractivity contribution is 0.0267. The van der Waals surface area contributed by atoms with Gasteiger partial charge in [-0.1, -0.05) is 64.4 Å². The van der Waals surface area contributed by atoms with Gasteiger partial charge in [0.1, 0.15) is 5.60 Å². The largest absolute Gasteiger partial charge is 0.444 e. The minimum Gasteiger partial charge on any atom is -0.444 e. The number of aryl methyl sites for hydroxylation is 1. The summed E-state index contributed by atoms with van der Waals surface area (Å²) >= 11 is 0. The topological polar surface area (TPSA) is 38.3 Å². The molecular formula is C23H39NO2. The molecular weight excluding hydrogens is 322 g/mol. The van der Waals surface area contributed by atoms with Crippen LogP contribution in [-0.4, -0.2) is 17.7 Å². The van der Waals surface area contributed by atoms with Gasteiger partial charge in [-0.3, -0.25) is 0 Å². The third-order valence-corrected chi connectivity index (χ3v) is 5.03. The molecule has 0 saturated heterocycles. The fraction of sp³-hybridized carbons (Fsp3) is 0.696. The van der Waals surface area contributed by atoms with Crippen LogP contribution in [0.5, 0.6) is 0 Å². The van der Waals surface area contributed by atoms with Gasteiger partial charge in [0.2, 0.25) is 0 Å². The number of rotatable bonds is 9. The van der Waals surface area contributed by atoms with Crippen LogP contribution in [0.15, 0.2) is 24.3 Å². The van der Waals surface area contributed by atoms with Gasteiger partial charge in [0.25, 0.3) is 0 Å². The zero-order valence-electron chi connectivity index (χ0n) is 18.1. The summed E-state index contributed by atoms with van der Waals surface area (Å²) in [4.78, 5) is 12.4. The molecule has 0 saturated carbocycles. The molecule has 0 radical (unpaired) electrons. The molecule has 148 valence electrons. The number of carbonyl (C=O) groups is 1. The smallest absolute Gasteiger partial charge is 0.407 e. The van der Waals surface area contributed by atoms with E-state index >= 15 is 0 Å². The van der Waals surface area contributed by atoms with E-state index in [9.17, 15) is 4.79 Å². The van der Waals surface area contributed by atoms with Crippen LogP contribution in [0.2, 0.25) is 0 Å². The standard InChI is InChI=1S/C23H39NO2/c1-16(2)15-21(17(3)4)24-22(25)26-23(7,8)14-13-19(6)20-11-9-18(5)10-12-20/h9-12,16-17,19,21H,13-15H2,1-8H3,(H,24,25). The molecule has 0 aromatic heterocycles. The Hall–Kier alpha value is -1.51. The summed E-state index contributed by atoms with van der Waals surface area (Å²) in [6.07, 6.45) is 2.50. The van der Waals surface area contributed by atoms with Crippen molar-refractivity contribution < 1.29 is 9.53 Å². The van der Waals surface area contributed by atoms with E-state index in [1.807, 2.05) is 13.8 Å². The summed E-state index contributed by atoms with van der Waals surface area (Å²) < 4.78 is 5.76. The molecule has 0 spiro atoms. The second-order valence-corrected chi connectivity index (χ2v) is 9.12. The Labute approximate surface area is 160 Å². The molecule has 0 aliphatic carbocycles. The van der Waals surface area contributed by atoms with E-state index < -0.39 is 5.60 Å². The van der Waals surface area contributed by atoms with Crippen LogP contribution in [0.1, 0.15) is 84.8 Å². The molecule has 1 aromatic carbocycles. The number of hydrogen-bond acceptors (Lipinski definition) is 2. The number of ether oxygens (including phenoxy) is 1. The first-order valence-corrected chi connectivity index (χ1v) is 10.1. The van der Waals surface area contributed by atoms with Crippen molar-refractivity contribution in [2.24, 2.45) is 11.8 Å². The predicted molar refractivity (Wildman–Crippen MR) is 111 cm³/mol. The van der Waals surface area contributed by atoms with Gasteiger partial charge < -0.3 is 10.1 Å². The van der Waals surface area contributed by atoms with Crippen LogP contribution in [0, 0.1) is 18.8 Å². The van der Waals surface area contributed by atoms with Crippen LogP contribution in [0.3, 0.4) is 0 Å². The first kappa shape index (κ1) is 22.5. The lowest BCUT2D eigenvalue weighted by Gasteiger charge is -2.29. The predicted octanol–water partition coefficient (Wildman–Crippen LogP) is 6.45. The number of carbonyl (C=O) groups excluding carboxylic acids is 1. The van der Waals surface area contributed by atoms with Crippen LogP contribution in [-0.2, 0) is 4.74 Å². The fourth-order valence-electron chi connectivity index (χ4n) is 3.11. The van der Waals surface area contributed by atoms with Crippen LogP contribution in [0.4, 0.5) is 4.79 Å². The molecule has 0 bridgehead atoms. The van der Waals surface area contributed by atoms with E-state index in [0.29, 0.717) is 17.8 Å². The maximum absolute atomic E-state index is 12.4. The molecule has 1 rings (SSSR count). The average Bonchev–Trinajstić information content (AvgIpc) is 2.51. The summed E-state index contributed by atoms with van der Waals surface area (Å²) in [6, 6.07) is 8.85. The summed E-state index contributed by atoms with van der Waals surface area (Å²) in [6.45, 7) is 17.0. The van der Waals surface area contributed by atoms with E-state index in [1.165, 1.54) is 11.1 Å². The monoisotopic (exact) mass is 361 g/mol. The molecule has 26 heavy (non-hydrogen) atoms. The summed E-state index contributed by atoms with van der Waals surface area (Å²) in [5.41, 5.74) is 2.15. The Balaban J connectivity index is 2.53. The number of hydrogen-bond donors (Lipinski definition) is 1. The number of amides is 1. The second-order valence-electron chi connectivity index (χ2n) is 9.12. The van der Waals surface area contributed by atoms with E-state index in [1.54, 1.807) is 0 Å². The number of benzene rings is 1. The van der Waals surface area contributed by atoms with Gasteiger partial charge in [0.15, 0.2) is 0 Å². The fourth-order valence-corrected chi connectivity index (χ4v) is 3.11. The van der Waals surface area contributed by atoms with Crippen molar-refractivity contribution in [1.29, 1.82) is 0 Å². The Kier molecular flexibility index (Phi) is 8.66. The lowest BCUT2D eigenvalue weighted by atomic mass is 9.90. The lowest BCUT2D eigenvalue weighted by Crippen LogP contribution is -2.43. The number of nitrogens with one attached hydrogen (secondary N) is 1. The Morgan fingerprint density at radius 3 is 2.15 bits per heavy atom. The molecule has 0 aliphatic rings. The van der Waals surface area contributed by atoms with Gasteiger partial charge in [-0.15, -0.1) is 0 Å². The molecule has 3 nitrogen and oxygen atoms in total. The average molecular weight is 362 g/mol. The summed E-state index contributed by atoms with van der Waals surface area (Å²) in [5, 5.41) is 3.07. The molecule has 1 aromatic rings. The first-order chi connectivity index (χ1) is 12.0. The number of alkyl carbamates (subject to hydrolysis) is 1. The van der Waals surface area contributed by atoms with Crippen LogP contribution < -0.4 is 5.32 Å². The highest BCUT2D eigenvalue weighted by atomic mass is 16.6. The van der Waals surface area contributed by atoms with E-state index in [-0.39, 0.29) is 12.1 Å². The maximum atomic E-state index is 12.4. The zero-order chi connectivity index (χ0) is 19.9. The molecule has 1 amide bonds. The Bertz CT molecular complexity index is 546. The molecule has 0 aliphatic heterocycles. The van der Waals surface area contributed by atoms with Crippen LogP contribution in [0.25, 0.3) is 0 Å². The van der Waals surface area contributed by atoms with Gasteiger partial charge in [-0.05, 0) is 63.4 Å². The zero-order valence-corrected chi connectivity index (χ0v) is 18.1. The van der Waals surface area contributed by atoms with Gasteiger partial charge in [0.05, 0.1) is 0 Å². The highest BCUT2D eigenvalue weighted by molar-refractivity contribution is 5.68. The SMILES string of the molecule is Cc1ccc(C(C)CCC(C)(C)OC(=O)NC(CC(C)C)C(C)C)cc1. The van der Waals surface area contributed by atoms with Crippen molar-refractivity contribution in [3.05, 3.63) is 35.4 Å². The van der Waals surface area contributed by atoms with Crippen molar-refractivity contribution in [2.45, 2.75) is 92.2 Å². The minimum absolute atomic E-state index is 0.157. The Morgan fingerprint density at radius 2 is 1.65 bits per heavy atom. The molecule has 3 heteroatoms. The van der Waals surface area contributed by atoms with Crippen molar-refractivity contribution >= 4 is 6.09 Å². The first-order valence-electron chi connectivity index (χ1n) is 10.1. The molecule has 0 fully saturated rings. The van der Waals surface area contributed by atoms with Gasteiger partial charge in [0, 0.05) is 6.04 Å². The molecule has 2 atom stereocenters. The van der Waals surface area contributed by atoms with E-state index in [4.69, 9.17) is 4.74 Å². The van der Waals surface area contributed by atoms with Gasteiger partial charge in [-0.2, -0.15) is 0 Å². The van der Waals surface area contributed by atoms with Gasteiger partial charge >= 0.3 is 6.09 Å². The van der Waals surface area contributed by atoms with Crippen molar-refractivity contribution in [1.82, 2.24) is 5.32 Å². The second kappa shape index (κ2) is 9.99. The highest BCUT2D eigenvalue weighted by Gasteiger charge is 2.26. The molecule has 0 heterocycles. The maximum Gasteiger partial charge on any atom is 0.407 e. The minimum atomic E-state index is -0.470. The summed E-state index contributed by atoms with van der Waals surface area (Å²) in [7, 11) is 0. The van der Waals surface area contributed by atoms with Crippen LogP contribution >= 0.6 is 0 Å². The molecule has 2 unspecified atom stereocenters. The van der Waals surface area contributed by atoms with Crippen molar-refractivity contribution in [3.8, 4) is 0 Å². The van der Waals surface area contributed by atoms with E-state index in [2.05, 4.69) is 71.1 Å². The van der Waals surface area contributed by atoms with E-state index in [0.717, 1.165) is 19.3 Å². The van der Waals surface area contributed by atoms with Crippen molar-refractivity contribution in [3.63, 3.8) is 0 Å².